The van der Waals surface area contributed by atoms with Crippen molar-refractivity contribution in [2.24, 2.45) is 5.10 Å². The third-order valence-corrected chi connectivity index (χ3v) is 3.62. The van der Waals surface area contributed by atoms with Gasteiger partial charge in [0.05, 0.1) is 11.9 Å². The minimum Gasteiger partial charge on any atom is -0.378 e. The lowest BCUT2D eigenvalue weighted by molar-refractivity contribution is 0.0949. The quantitative estimate of drug-likeness (QED) is 0.493. The van der Waals surface area contributed by atoms with E-state index in [1.807, 2.05) is 6.92 Å². The van der Waals surface area contributed by atoms with E-state index < -0.39 is 5.91 Å². The summed E-state index contributed by atoms with van der Waals surface area (Å²) in [6.45, 7) is 1.96. The topological polar surface area (TPSA) is 137 Å². The molecule has 0 saturated carbocycles. The summed E-state index contributed by atoms with van der Waals surface area (Å²) in [5, 5.41) is 19.5. The summed E-state index contributed by atoms with van der Waals surface area (Å²) in [5.74, 6) is -0.270. The number of nitrogens with one attached hydrogen (secondary N) is 1. The smallest absolute Gasteiger partial charge is 0.293 e. The third-order valence-electron chi connectivity index (χ3n) is 3.39. The Kier molecular flexibility index (Phi) is 5.23. The highest BCUT2D eigenvalue weighted by atomic mass is 35.5. The van der Waals surface area contributed by atoms with Crippen LogP contribution in [0.15, 0.2) is 34.0 Å². The molecule has 0 bridgehead atoms. The molecule has 0 atom stereocenters. The molecular weight excluding hydrogens is 360 g/mol. The van der Waals surface area contributed by atoms with E-state index in [4.69, 9.17) is 17.3 Å². The fraction of sp³-hybridized carbons (Fsp3) is 0.200. The van der Waals surface area contributed by atoms with Gasteiger partial charge in [0.25, 0.3) is 5.91 Å². The zero-order chi connectivity index (χ0) is 18.5. The van der Waals surface area contributed by atoms with Crippen LogP contribution in [0, 0.1) is 0 Å². The zero-order valence-corrected chi connectivity index (χ0v) is 14.5. The van der Waals surface area contributed by atoms with Crippen molar-refractivity contribution in [3.05, 3.63) is 46.2 Å². The summed E-state index contributed by atoms with van der Waals surface area (Å²) < 4.78 is 5.92. The third kappa shape index (κ3) is 3.70. The molecule has 0 saturated heterocycles. The number of hydrogen-bond donors (Lipinski definition) is 2. The summed E-state index contributed by atoms with van der Waals surface area (Å²) in [6, 6.07) is 7.06. The van der Waals surface area contributed by atoms with Gasteiger partial charge in [-0.2, -0.15) is 9.78 Å². The molecule has 10 nitrogen and oxygen atoms in total. The maximum atomic E-state index is 12.4. The number of amides is 1. The first-order valence-corrected chi connectivity index (χ1v) is 8.10. The van der Waals surface area contributed by atoms with Crippen molar-refractivity contribution in [2.45, 2.75) is 19.8 Å². The number of aromatic nitrogens is 5. The molecule has 26 heavy (non-hydrogen) atoms. The molecule has 3 aromatic rings. The summed E-state index contributed by atoms with van der Waals surface area (Å²) in [6.07, 6.45) is 2.76. The van der Waals surface area contributed by atoms with Gasteiger partial charge in [0.2, 0.25) is 11.6 Å². The van der Waals surface area contributed by atoms with Gasteiger partial charge in [-0.3, -0.25) is 4.79 Å². The van der Waals surface area contributed by atoms with Crippen molar-refractivity contribution in [1.82, 2.24) is 30.7 Å². The van der Waals surface area contributed by atoms with Gasteiger partial charge in [-0.1, -0.05) is 42.3 Å². The van der Waals surface area contributed by atoms with Crippen molar-refractivity contribution in [3.8, 4) is 5.82 Å². The largest absolute Gasteiger partial charge is 0.378 e. The molecule has 0 spiro atoms. The number of rotatable bonds is 6. The van der Waals surface area contributed by atoms with E-state index in [-0.39, 0.29) is 17.3 Å². The predicted molar refractivity (Wildman–Crippen MR) is 94.1 cm³/mol. The fourth-order valence-corrected chi connectivity index (χ4v) is 2.45. The van der Waals surface area contributed by atoms with Crippen LogP contribution < -0.4 is 11.2 Å². The molecule has 0 aliphatic rings. The number of carbonyl (C=O) groups excluding carboxylic acids is 1. The van der Waals surface area contributed by atoms with Crippen LogP contribution in [0.3, 0.4) is 0 Å². The van der Waals surface area contributed by atoms with Crippen molar-refractivity contribution in [1.29, 1.82) is 0 Å². The van der Waals surface area contributed by atoms with Crippen LogP contribution in [0.1, 0.15) is 35.1 Å². The molecule has 0 aliphatic carbocycles. The first kappa shape index (κ1) is 17.5. The van der Waals surface area contributed by atoms with Crippen LogP contribution in [0.25, 0.3) is 5.82 Å². The van der Waals surface area contributed by atoms with Gasteiger partial charge in [0.1, 0.15) is 0 Å². The lowest BCUT2D eigenvalue weighted by atomic mass is 10.2. The highest BCUT2D eigenvalue weighted by Crippen LogP contribution is 2.17. The Labute approximate surface area is 153 Å². The number of hydrogen-bond acceptors (Lipinski definition) is 8. The van der Waals surface area contributed by atoms with E-state index in [1.54, 1.807) is 24.3 Å². The number of nitrogens with zero attached hydrogens (tertiary/aromatic N) is 6. The Morgan fingerprint density at radius 3 is 3.00 bits per heavy atom. The lowest BCUT2D eigenvalue weighted by Gasteiger charge is -2.03. The number of anilines is 1. The maximum absolute atomic E-state index is 12.4. The van der Waals surface area contributed by atoms with Gasteiger partial charge in [0, 0.05) is 5.02 Å². The number of benzene rings is 1. The zero-order valence-electron chi connectivity index (χ0n) is 13.8. The number of halogens is 1. The van der Waals surface area contributed by atoms with E-state index in [0.717, 1.165) is 12.0 Å². The lowest BCUT2D eigenvalue weighted by Crippen LogP contribution is -2.20. The van der Waals surface area contributed by atoms with E-state index in [9.17, 15) is 4.79 Å². The molecule has 1 aromatic carbocycles. The highest BCUT2D eigenvalue weighted by Gasteiger charge is 2.23. The second kappa shape index (κ2) is 7.74. The van der Waals surface area contributed by atoms with Gasteiger partial charge < -0.3 is 5.73 Å². The summed E-state index contributed by atoms with van der Waals surface area (Å²) in [4.78, 5) is 12.4. The number of carbonyl (C=O) groups is 1. The Morgan fingerprint density at radius 1 is 1.46 bits per heavy atom. The van der Waals surface area contributed by atoms with Gasteiger partial charge in [-0.15, -0.1) is 5.10 Å². The maximum Gasteiger partial charge on any atom is 0.293 e. The number of hydrazone groups is 1. The predicted octanol–water partition coefficient (Wildman–Crippen LogP) is 1.60. The Bertz CT molecular complexity index is 949. The van der Waals surface area contributed by atoms with Crippen LogP contribution in [-0.2, 0) is 6.42 Å². The van der Waals surface area contributed by atoms with E-state index >= 15 is 0 Å². The second-order valence-corrected chi connectivity index (χ2v) is 5.71. The fourth-order valence-electron chi connectivity index (χ4n) is 2.25. The van der Waals surface area contributed by atoms with Gasteiger partial charge in [0.15, 0.2) is 5.69 Å². The van der Waals surface area contributed by atoms with Crippen molar-refractivity contribution >= 4 is 29.5 Å². The molecule has 3 rings (SSSR count). The van der Waals surface area contributed by atoms with Gasteiger partial charge in [-0.25, -0.2) is 10.1 Å². The molecule has 134 valence electrons. The summed E-state index contributed by atoms with van der Waals surface area (Å²) in [7, 11) is 0. The van der Waals surface area contributed by atoms with E-state index in [0.29, 0.717) is 17.1 Å². The molecule has 0 aliphatic heterocycles. The van der Waals surface area contributed by atoms with Crippen LogP contribution in [0.4, 0.5) is 5.82 Å². The Morgan fingerprint density at radius 2 is 2.31 bits per heavy atom. The normalized spacial score (nSPS) is 11.2. The van der Waals surface area contributed by atoms with Crippen LogP contribution >= 0.6 is 11.6 Å². The molecule has 2 aromatic heterocycles. The summed E-state index contributed by atoms with van der Waals surface area (Å²) >= 11 is 5.90. The van der Waals surface area contributed by atoms with Gasteiger partial charge in [-0.05, 0) is 34.4 Å². The van der Waals surface area contributed by atoms with Gasteiger partial charge >= 0.3 is 0 Å². The minimum atomic E-state index is -0.506. The molecule has 0 radical (unpaired) electrons. The standard InChI is InChI=1S/C15H15ClN8O2/c1-2-4-11-12(19-23-24(11)14-13(17)21-26-22-14)15(25)20-18-8-9-5-3-6-10(16)7-9/h3,5-8H,2,4H2,1H3,(H2,17,21)(H,20,25). The average Bonchev–Trinajstić information content (AvgIpc) is 3.21. The van der Waals surface area contributed by atoms with Crippen LogP contribution in [0.2, 0.25) is 5.02 Å². The van der Waals surface area contributed by atoms with Crippen molar-refractivity contribution < 1.29 is 9.42 Å². The van der Waals surface area contributed by atoms with Crippen molar-refractivity contribution in [2.75, 3.05) is 5.73 Å². The molecule has 1 amide bonds. The molecule has 3 N–H and O–H groups in total. The number of nitrogens with two attached hydrogens (primary N) is 1. The monoisotopic (exact) mass is 374 g/mol. The second-order valence-electron chi connectivity index (χ2n) is 5.27. The van der Waals surface area contributed by atoms with Crippen LogP contribution in [0.5, 0.6) is 0 Å². The first-order valence-electron chi connectivity index (χ1n) is 7.72. The van der Waals surface area contributed by atoms with Crippen LogP contribution in [-0.4, -0.2) is 37.4 Å². The highest BCUT2D eigenvalue weighted by molar-refractivity contribution is 6.30. The average molecular weight is 375 g/mol. The number of nitrogen functional groups attached to an aromatic ring is 1. The Hall–Kier alpha value is -3.27. The SMILES string of the molecule is CCCc1c(C(=O)NN=Cc2cccc(Cl)c2)nnn1-c1nonc1N. The molecule has 2 heterocycles. The van der Waals surface area contributed by atoms with Crippen molar-refractivity contribution in [3.63, 3.8) is 0 Å². The molecule has 11 heteroatoms. The first-order chi connectivity index (χ1) is 12.6. The Balaban J connectivity index is 1.81. The molecule has 0 fully saturated rings. The minimum absolute atomic E-state index is 0.0539. The molecule has 0 unspecified atom stereocenters. The summed E-state index contributed by atoms with van der Waals surface area (Å²) in [5.41, 5.74) is 9.51. The van der Waals surface area contributed by atoms with E-state index in [2.05, 4.69) is 35.8 Å². The molecular formula is C15H15ClN8O2. The van der Waals surface area contributed by atoms with E-state index in [1.165, 1.54) is 10.9 Å².